The minimum Gasteiger partial charge on any atom is -0.210 e. The van der Waals surface area contributed by atoms with Gasteiger partial charge < -0.3 is 0 Å². The molecule has 0 unspecified atom stereocenters. The van der Waals surface area contributed by atoms with Crippen LogP contribution in [0.2, 0.25) is 0 Å². The molecule has 7 nitrogen and oxygen atoms in total. The van der Waals surface area contributed by atoms with Gasteiger partial charge in [0.05, 0.1) is 9.37 Å². The topological polar surface area (TPSA) is 106 Å². The zero-order chi connectivity index (χ0) is 11.1. The van der Waals surface area contributed by atoms with Crippen molar-refractivity contribution >= 4 is 30.8 Å². The fraction of sp³-hybridized carbons (Fsp3) is 1.00. The van der Waals surface area contributed by atoms with Crippen molar-refractivity contribution in [1.29, 1.82) is 0 Å². The van der Waals surface area contributed by atoms with Crippen molar-refractivity contribution in [2.45, 2.75) is 0 Å². The highest BCUT2D eigenvalue weighted by molar-refractivity contribution is 8.14. The molecular formula is CH3F2NO6S3. The third kappa shape index (κ3) is 3.50. The Hall–Kier alpha value is -0.330. The van der Waals surface area contributed by atoms with E-state index < -0.39 is 34.0 Å². The number of rotatable bonds is 3. The van der Waals surface area contributed by atoms with Crippen LogP contribution >= 0.6 is 0 Å². The molecule has 0 saturated heterocycles. The van der Waals surface area contributed by atoms with E-state index in [-0.39, 0.29) is 6.26 Å². The summed E-state index contributed by atoms with van der Waals surface area (Å²) < 4.78 is 82.2. The van der Waals surface area contributed by atoms with E-state index >= 15 is 0 Å². The van der Waals surface area contributed by atoms with Crippen molar-refractivity contribution < 1.29 is 33.0 Å². The highest BCUT2D eigenvalue weighted by Gasteiger charge is 2.43. The van der Waals surface area contributed by atoms with E-state index in [2.05, 4.69) is 0 Å². The largest absolute Gasteiger partial charge is 0.404 e. The van der Waals surface area contributed by atoms with Crippen molar-refractivity contribution in [3.8, 4) is 0 Å². The van der Waals surface area contributed by atoms with Gasteiger partial charge in [0.1, 0.15) is 0 Å². The van der Waals surface area contributed by atoms with E-state index in [1.165, 1.54) is 0 Å². The number of halogens is 2. The molecule has 13 heavy (non-hydrogen) atoms. The van der Waals surface area contributed by atoms with Crippen LogP contribution in [0, 0.1) is 0 Å². The quantitative estimate of drug-likeness (QED) is 0.582. The minimum absolute atomic E-state index is 0.0151. The lowest BCUT2D eigenvalue weighted by Crippen LogP contribution is -2.36. The number of sulfonamides is 1. The molecular weight excluding hydrogens is 256 g/mol. The summed E-state index contributed by atoms with van der Waals surface area (Å²) in [6.07, 6.45) is 0.0151. The van der Waals surface area contributed by atoms with Crippen LogP contribution in [-0.2, 0) is 30.8 Å². The molecule has 0 aliphatic rings. The zero-order valence-corrected chi connectivity index (χ0v) is 8.33. The maximum atomic E-state index is 11.9. The summed E-state index contributed by atoms with van der Waals surface area (Å²) in [6, 6.07) is 0. The van der Waals surface area contributed by atoms with Gasteiger partial charge in [-0.05, 0) is 0 Å². The van der Waals surface area contributed by atoms with E-state index in [1.807, 2.05) is 0 Å². The Labute approximate surface area is 73.7 Å². The van der Waals surface area contributed by atoms with Gasteiger partial charge in [-0.1, -0.05) is 7.77 Å². The number of nitrogens with zero attached hydrogens (tertiary/aromatic N) is 1. The third-order valence-electron chi connectivity index (χ3n) is 0.627. The van der Waals surface area contributed by atoms with Gasteiger partial charge in [-0.25, -0.2) is 8.42 Å². The van der Waals surface area contributed by atoms with E-state index in [1.54, 1.807) is 0 Å². The van der Waals surface area contributed by atoms with Crippen molar-refractivity contribution in [1.82, 2.24) is 3.12 Å². The Kier molecular flexibility index (Phi) is 3.03. The molecule has 0 aromatic rings. The van der Waals surface area contributed by atoms with E-state index in [0.29, 0.717) is 0 Å². The van der Waals surface area contributed by atoms with Gasteiger partial charge >= 0.3 is 20.8 Å². The predicted octanol–water partition coefficient (Wildman–Crippen LogP) is -1.32. The van der Waals surface area contributed by atoms with Crippen LogP contribution < -0.4 is 0 Å². The summed E-state index contributed by atoms with van der Waals surface area (Å²) in [5.41, 5.74) is 0. The molecule has 0 bridgehead atoms. The smallest absolute Gasteiger partial charge is 0.210 e. The lowest BCUT2D eigenvalue weighted by atomic mass is 12.0. The van der Waals surface area contributed by atoms with Gasteiger partial charge in [0.2, 0.25) is 10.0 Å². The van der Waals surface area contributed by atoms with Crippen molar-refractivity contribution in [2.24, 2.45) is 0 Å². The first-order valence-electron chi connectivity index (χ1n) is 2.26. The maximum Gasteiger partial charge on any atom is 0.404 e. The molecule has 0 N–H and O–H groups in total. The monoisotopic (exact) mass is 259 g/mol. The van der Waals surface area contributed by atoms with Crippen LogP contribution in [0.1, 0.15) is 0 Å². The second kappa shape index (κ2) is 3.11. The van der Waals surface area contributed by atoms with Gasteiger partial charge in [0, 0.05) is 0 Å². The van der Waals surface area contributed by atoms with E-state index in [0.717, 1.165) is 0 Å². The summed E-state index contributed by atoms with van der Waals surface area (Å²) in [5.74, 6) is 0. The molecule has 0 aromatic heterocycles. The SMILES string of the molecule is CS(=O)(=O)N(S(=O)(=O)F)S(=O)(=O)F. The van der Waals surface area contributed by atoms with Crippen LogP contribution in [0.4, 0.5) is 7.77 Å². The van der Waals surface area contributed by atoms with Gasteiger partial charge in [0.15, 0.2) is 0 Å². The molecule has 12 heteroatoms. The lowest BCUT2D eigenvalue weighted by molar-refractivity contribution is 0.486. The Bertz CT molecular complexity index is 408. The summed E-state index contributed by atoms with van der Waals surface area (Å²) in [4.78, 5) is 0. The summed E-state index contributed by atoms with van der Waals surface area (Å²) in [7, 11) is -17.5. The highest BCUT2D eigenvalue weighted by Crippen LogP contribution is 2.15. The van der Waals surface area contributed by atoms with Gasteiger partial charge in [0.25, 0.3) is 0 Å². The molecule has 0 rings (SSSR count). The number of hydrogen-bond donors (Lipinski definition) is 0. The zero-order valence-electron chi connectivity index (χ0n) is 5.88. The summed E-state index contributed by atoms with van der Waals surface area (Å²) in [6.45, 7) is 0. The normalized spacial score (nSPS) is 14.8. The Morgan fingerprint density at radius 3 is 1.08 bits per heavy atom. The molecule has 0 aromatic carbocycles. The number of hydrogen-bond acceptors (Lipinski definition) is 6. The van der Waals surface area contributed by atoms with E-state index in [9.17, 15) is 33.0 Å². The van der Waals surface area contributed by atoms with Gasteiger partial charge in [-0.2, -0.15) is 16.8 Å². The fourth-order valence-corrected chi connectivity index (χ4v) is 3.87. The third-order valence-corrected chi connectivity index (χ3v) is 5.64. The standard InChI is InChI=1S/CH3F2NO6S3/c1-11(5,6)4(12(2,7)8)13(3,9)10/h1H3. The Balaban J connectivity index is 5.87. The molecule has 0 spiro atoms. The average molecular weight is 259 g/mol. The highest BCUT2D eigenvalue weighted by atomic mass is 32.4. The Morgan fingerprint density at radius 1 is 0.846 bits per heavy atom. The van der Waals surface area contributed by atoms with Crippen LogP contribution in [0.15, 0.2) is 0 Å². The van der Waals surface area contributed by atoms with Crippen LogP contribution in [0.3, 0.4) is 0 Å². The summed E-state index contributed by atoms with van der Waals surface area (Å²) >= 11 is 0. The summed E-state index contributed by atoms with van der Waals surface area (Å²) in [5, 5.41) is 0. The molecule has 0 amide bonds. The second-order valence-corrected chi connectivity index (χ2v) is 6.68. The minimum atomic E-state index is -6.20. The first-order chi connectivity index (χ1) is 5.37. The molecule has 80 valence electrons. The average Bonchev–Trinajstić information content (AvgIpc) is 1.44. The molecule has 0 aliphatic heterocycles. The predicted molar refractivity (Wildman–Crippen MR) is 36.7 cm³/mol. The van der Waals surface area contributed by atoms with Gasteiger partial charge in [-0.3, -0.25) is 0 Å². The molecule has 0 saturated carbocycles. The van der Waals surface area contributed by atoms with Crippen LogP contribution in [0.25, 0.3) is 0 Å². The molecule has 0 fully saturated rings. The molecule has 0 radical (unpaired) electrons. The first kappa shape index (κ1) is 12.7. The second-order valence-electron chi connectivity index (χ2n) is 1.78. The van der Waals surface area contributed by atoms with Crippen LogP contribution in [0.5, 0.6) is 0 Å². The van der Waals surface area contributed by atoms with Crippen molar-refractivity contribution in [3.63, 3.8) is 0 Å². The first-order valence-corrected chi connectivity index (χ1v) is 6.79. The fourth-order valence-electron chi connectivity index (χ4n) is 0.430. The van der Waals surface area contributed by atoms with E-state index in [4.69, 9.17) is 0 Å². The lowest BCUT2D eigenvalue weighted by Gasteiger charge is -2.07. The van der Waals surface area contributed by atoms with Crippen molar-refractivity contribution in [3.05, 3.63) is 0 Å². The maximum absolute atomic E-state index is 11.9. The molecule has 0 atom stereocenters. The van der Waals surface area contributed by atoms with Crippen LogP contribution in [-0.4, -0.2) is 34.6 Å². The van der Waals surface area contributed by atoms with Gasteiger partial charge in [-0.15, -0.1) is 0 Å². The molecule has 0 heterocycles. The van der Waals surface area contributed by atoms with Crippen molar-refractivity contribution in [2.75, 3.05) is 6.26 Å². The molecule has 0 aliphatic carbocycles. The Morgan fingerprint density at radius 2 is 1.08 bits per heavy atom.